The molecule has 22 heavy (non-hydrogen) atoms. The zero-order chi connectivity index (χ0) is 16.4. The maximum Gasteiger partial charge on any atom is 0.0523 e. The first-order chi connectivity index (χ1) is 10.6. The van der Waals surface area contributed by atoms with Crippen molar-refractivity contribution >= 4 is 10.8 Å². The summed E-state index contributed by atoms with van der Waals surface area (Å²) < 4.78 is 11.8. The second-order valence-corrected chi connectivity index (χ2v) is 6.31. The predicted molar refractivity (Wildman–Crippen MR) is 98.5 cm³/mol. The van der Waals surface area contributed by atoms with Crippen LogP contribution in [0.3, 0.4) is 0 Å². The van der Waals surface area contributed by atoms with Gasteiger partial charge in [0.15, 0.2) is 0 Å². The SMILES string of the molecule is C=C\C=C/C(=C\C=C)C(/N)=C/C1=CCC=C(S(=O)CC)C=C1. The Balaban J connectivity index is 2.97. The molecule has 0 heterocycles. The molecule has 3 heteroatoms. The van der Waals surface area contributed by atoms with Gasteiger partial charge < -0.3 is 5.73 Å². The van der Waals surface area contributed by atoms with E-state index in [1.165, 1.54) is 0 Å². The Morgan fingerprint density at radius 3 is 2.73 bits per heavy atom. The van der Waals surface area contributed by atoms with Crippen LogP contribution in [0, 0.1) is 0 Å². The van der Waals surface area contributed by atoms with Crippen molar-refractivity contribution in [1.29, 1.82) is 0 Å². The Hall–Kier alpha value is -2.13. The minimum absolute atomic E-state index is 0.627. The molecule has 2 N–H and O–H groups in total. The van der Waals surface area contributed by atoms with Gasteiger partial charge in [0.05, 0.1) is 10.8 Å². The Labute approximate surface area is 135 Å². The molecule has 0 radical (unpaired) electrons. The van der Waals surface area contributed by atoms with Crippen LogP contribution in [0.5, 0.6) is 0 Å². The van der Waals surface area contributed by atoms with Crippen LogP contribution in [-0.2, 0) is 10.8 Å². The summed E-state index contributed by atoms with van der Waals surface area (Å²) in [6.45, 7) is 9.27. The lowest BCUT2D eigenvalue weighted by molar-refractivity contribution is 0.688. The summed E-state index contributed by atoms with van der Waals surface area (Å²) in [4.78, 5) is 0.870. The largest absolute Gasteiger partial charge is 0.398 e. The van der Waals surface area contributed by atoms with Gasteiger partial charge in [-0.3, -0.25) is 4.21 Å². The molecule has 0 aromatic heterocycles. The number of rotatable bonds is 7. The van der Waals surface area contributed by atoms with Gasteiger partial charge in [-0.25, -0.2) is 0 Å². The lowest BCUT2D eigenvalue weighted by atomic mass is 10.1. The van der Waals surface area contributed by atoms with Gasteiger partial charge in [0.25, 0.3) is 0 Å². The molecular weight excluding hydrogens is 290 g/mol. The highest BCUT2D eigenvalue weighted by Gasteiger charge is 2.04. The molecule has 0 bridgehead atoms. The molecule has 0 aliphatic heterocycles. The normalized spacial score (nSPS) is 17.7. The van der Waals surface area contributed by atoms with Gasteiger partial charge in [0, 0.05) is 16.4 Å². The number of hydrogen-bond acceptors (Lipinski definition) is 2. The second-order valence-electron chi connectivity index (χ2n) is 4.57. The van der Waals surface area contributed by atoms with Crippen molar-refractivity contribution in [3.8, 4) is 0 Å². The molecule has 1 rings (SSSR count). The third-order valence-corrected chi connectivity index (χ3v) is 4.36. The van der Waals surface area contributed by atoms with E-state index >= 15 is 0 Å². The van der Waals surface area contributed by atoms with Crippen LogP contribution in [0.1, 0.15) is 13.3 Å². The molecule has 0 aromatic rings. The summed E-state index contributed by atoms with van der Waals surface area (Å²) in [5, 5.41) is 0. The summed E-state index contributed by atoms with van der Waals surface area (Å²) >= 11 is 0. The fraction of sp³-hybridized carbons (Fsp3) is 0.158. The molecule has 1 aliphatic rings. The standard InChI is InChI=1S/C19H23NOS/c1-4-7-11-17(9-5-2)19(20)15-16-10-8-12-18(14-13-16)22(21)6-3/h4-5,7,9-15H,1-2,6,8,20H2,3H3/b11-7-,17-9+,19-15-. The smallest absolute Gasteiger partial charge is 0.0523 e. The molecule has 116 valence electrons. The van der Waals surface area contributed by atoms with Crippen LogP contribution in [-0.4, -0.2) is 9.96 Å². The molecule has 0 amide bonds. The van der Waals surface area contributed by atoms with Crippen molar-refractivity contribution in [3.05, 3.63) is 95.7 Å². The van der Waals surface area contributed by atoms with E-state index in [2.05, 4.69) is 19.2 Å². The maximum absolute atomic E-state index is 11.8. The Bertz CT molecular complexity index is 628. The summed E-state index contributed by atoms with van der Waals surface area (Å²) in [6, 6.07) is 0. The molecule has 0 saturated heterocycles. The molecule has 0 aromatic carbocycles. The van der Waals surface area contributed by atoms with Crippen molar-refractivity contribution in [2.45, 2.75) is 13.3 Å². The monoisotopic (exact) mass is 313 g/mol. The zero-order valence-corrected chi connectivity index (χ0v) is 13.8. The number of hydrogen-bond donors (Lipinski definition) is 1. The summed E-state index contributed by atoms with van der Waals surface area (Å²) in [5.74, 6) is 0.627. The number of nitrogens with two attached hydrogens (primary N) is 1. The van der Waals surface area contributed by atoms with Crippen LogP contribution >= 0.6 is 0 Å². The lowest BCUT2D eigenvalue weighted by Crippen LogP contribution is -2.00. The minimum Gasteiger partial charge on any atom is -0.398 e. The first kappa shape index (κ1) is 17.9. The predicted octanol–water partition coefficient (Wildman–Crippen LogP) is 4.22. The molecule has 2 nitrogen and oxygen atoms in total. The quantitative estimate of drug-likeness (QED) is 0.715. The first-order valence-corrected chi connectivity index (χ1v) is 8.50. The third kappa shape index (κ3) is 5.70. The minimum atomic E-state index is -0.926. The van der Waals surface area contributed by atoms with Crippen molar-refractivity contribution < 1.29 is 4.21 Å². The van der Waals surface area contributed by atoms with Crippen molar-refractivity contribution in [1.82, 2.24) is 0 Å². The van der Waals surface area contributed by atoms with Gasteiger partial charge in [-0.15, -0.1) is 0 Å². The third-order valence-electron chi connectivity index (χ3n) is 3.00. The second kappa shape index (κ2) is 9.74. The highest BCUT2D eigenvalue weighted by atomic mass is 32.2. The van der Waals surface area contributed by atoms with Crippen LogP contribution in [0.25, 0.3) is 0 Å². The van der Waals surface area contributed by atoms with Gasteiger partial charge in [-0.1, -0.05) is 68.7 Å². The van der Waals surface area contributed by atoms with E-state index in [0.29, 0.717) is 11.4 Å². The molecule has 0 fully saturated rings. The number of allylic oxidation sites excluding steroid dienone is 11. The fourth-order valence-electron chi connectivity index (χ4n) is 1.88. The van der Waals surface area contributed by atoms with E-state index in [1.54, 1.807) is 12.2 Å². The molecule has 0 saturated carbocycles. The maximum atomic E-state index is 11.8. The van der Waals surface area contributed by atoms with Crippen LogP contribution in [0.15, 0.2) is 95.7 Å². The van der Waals surface area contributed by atoms with E-state index in [1.807, 2.05) is 49.5 Å². The van der Waals surface area contributed by atoms with Gasteiger partial charge in [-0.2, -0.15) is 0 Å². The van der Waals surface area contributed by atoms with E-state index in [4.69, 9.17) is 5.73 Å². The Morgan fingerprint density at radius 1 is 1.32 bits per heavy atom. The molecule has 1 atom stereocenters. The van der Waals surface area contributed by atoms with Gasteiger partial charge in [0.2, 0.25) is 0 Å². The van der Waals surface area contributed by atoms with Crippen molar-refractivity contribution in [2.24, 2.45) is 5.73 Å². The van der Waals surface area contributed by atoms with Gasteiger partial charge in [-0.05, 0) is 29.7 Å². The molecule has 1 aliphatic carbocycles. The summed E-state index contributed by atoms with van der Waals surface area (Å²) in [7, 11) is -0.926. The highest BCUT2D eigenvalue weighted by Crippen LogP contribution is 2.17. The van der Waals surface area contributed by atoms with E-state index in [0.717, 1.165) is 22.5 Å². The average molecular weight is 313 g/mol. The molecular formula is C19H23NOS. The Morgan fingerprint density at radius 2 is 2.09 bits per heavy atom. The van der Waals surface area contributed by atoms with E-state index < -0.39 is 10.8 Å². The fourth-order valence-corrected chi connectivity index (χ4v) is 2.71. The first-order valence-electron chi connectivity index (χ1n) is 7.18. The highest BCUT2D eigenvalue weighted by molar-refractivity contribution is 7.89. The van der Waals surface area contributed by atoms with Crippen molar-refractivity contribution in [2.75, 3.05) is 5.75 Å². The molecule has 0 spiro atoms. The van der Waals surface area contributed by atoms with E-state index in [9.17, 15) is 4.21 Å². The average Bonchev–Trinajstić information content (AvgIpc) is 2.76. The van der Waals surface area contributed by atoms with Crippen LogP contribution < -0.4 is 5.73 Å². The van der Waals surface area contributed by atoms with Gasteiger partial charge >= 0.3 is 0 Å². The summed E-state index contributed by atoms with van der Waals surface area (Å²) in [6.07, 6.45) is 19.5. The van der Waals surface area contributed by atoms with E-state index in [-0.39, 0.29) is 0 Å². The van der Waals surface area contributed by atoms with Gasteiger partial charge in [0.1, 0.15) is 0 Å². The topological polar surface area (TPSA) is 43.1 Å². The zero-order valence-electron chi connectivity index (χ0n) is 13.0. The molecule has 1 unspecified atom stereocenters. The lowest BCUT2D eigenvalue weighted by Gasteiger charge is -2.03. The summed E-state index contributed by atoms with van der Waals surface area (Å²) in [5.41, 5.74) is 8.68. The van der Waals surface area contributed by atoms with Crippen LogP contribution in [0.2, 0.25) is 0 Å². The Kier molecular flexibility index (Phi) is 7.94. The van der Waals surface area contributed by atoms with Crippen LogP contribution in [0.4, 0.5) is 0 Å². The van der Waals surface area contributed by atoms with Crippen molar-refractivity contribution in [3.63, 3.8) is 0 Å².